The summed E-state index contributed by atoms with van der Waals surface area (Å²) in [6, 6.07) is 0. The zero-order valence-corrected chi connectivity index (χ0v) is 63.8. The molecule has 0 aliphatic carbocycles. The second-order valence-corrected chi connectivity index (χ2v) is 31.3. The average molecular weight is 1400 g/mol. The molecule has 0 bridgehead atoms. The molecule has 0 saturated heterocycles. The minimum Gasteiger partial charge on any atom is -0.462 e. The molecule has 0 radical (unpaired) electrons. The highest BCUT2D eigenvalue weighted by molar-refractivity contribution is 7.47. The first-order valence-corrected chi connectivity index (χ1v) is 42.5. The van der Waals surface area contributed by atoms with Crippen LogP contribution >= 0.6 is 15.6 Å². The molecular weight excluding hydrogens is 1250 g/mol. The van der Waals surface area contributed by atoms with E-state index in [4.69, 9.17) is 37.0 Å². The highest BCUT2D eigenvalue weighted by atomic mass is 31.2. The van der Waals surface area contributed by atoms with Gasteiger partial charge in [0.15, 0.2) is 12.2 Å². The molecule has 0 rings (SSSR count). The van der Waals surface area contributed by atoms with Crippen molar-refractivity contribution in [1.82, 2.24) is 0 Å². The first-order valence-electron chi connectivity index (χ1n) is 39.5. The van der Waals surface area contributed by atoms with Gasteiger partial charge < -0.3 is 33.8 Å². The summed E-state index contributed by atoms with van der Waals surface area (Å²) in [4.78, 5) is 72.7. The van der Waals surface area contributed by atoms with Crippen LogP contribution in [0, 0.1) is 11.8 Å². The molecule has 0 fully saturated rings. The zero-order valence-electron chi connectivity index (χ0n) is 62.0. The van der Waals surface area contributed by atoms with Gasteiger partial charge in [-0.05, 0) is 37.5 Å². The fourth-order valence-electron chi connectivity index (χ4n) is 11.7. The van der Waals surface area contributed by atoms with Gasteiger partial charge in [-0.2, -0.15) is 0 Å². The van der Waals surface area contributed by atoms with Crippen LogP contribution in [-0.2, 0) is 65.4 Å². The number of carbonyl (C=O) groups is 4. The third-order valence-corrected chi connectivity index (χ3v) is 19.6. The summed E-state index contributed by atoms with van der Waals surface area (Å²) in [5, 5.41) is 10.6. The molecule has 0 aromatic rings. The Morgan fingerprint density at radius 1 is 0.284 bits per heavy atom. The van der Waals surface area contributed by atoms with Gasteiger partial charge in [-0.25, -0.2) is 9.13 Å². The Balaban J connectivity index is 5.22. The van der Waals surface area contributed by atoms with Gasteiger partial charge in [0, 0.05) is 25.7 Å². The van der Waals surface area contributed by atoms with E-state index in [1.54, 1.807) is 0 Å². The summed E-state index contributed by atoms with van der Waals surface area (Å²) >= 11 is 0. The maximum Gasteiger partial charge on any atom is 0.472 e. The first-order chi connectivity index (χ1) is 45.9. The number of phosphoric acid groups is 2. The van der Waals surface area contributed by atoms with E-state index in [9.17, 15) is 43.2 Å². The molecule has 19 heteroatoms. The normalized spacial score (nSPS) is 14.0. The summed E-state index contributed by atoms with van der Waals surface area (Å²) in [5.41, 5.74) is 0. The molecular formula is C76H148O17P2. The number of hydrogen-bond acceptors (Lipinski definition) is 15. The van der Waals surface area contributed by atoms with Crippen LogP contribution in [0.1, 0.15) is 395 Å². The molecule has 2 unspecified atom stereocenters. The Labute approximate surface area is 581 Å². The summed E-state index contributed by atoms with van der Waals surface area (Å²) in [5.74, 6) is -0.539. The van der Waals surface area contributed by atoms with Crippen LogP contribution in [-0.4, -0.2) is 96.7 Å². The lowest BCUT2D eigenvalue weighted by Gasteiger charge is -2.21. The molecule has 0 aromatic carbocycles. The van der Waals surface area contributed by atoms with Crippen molar-refractivity contribution >= 4 is 39.5 Å². The zero-order chi connectivity index (χ0) is 70.0. The molecule has 3 N–H and O–H groups in total. The number of aliphatic hydroxyl groups excluding tert-OH is 1. The van der Waals surface area contributed by atoms with Crippen molar-refractivity contribution in [2.24, 2.45) is 11.8 Å². The van der Waals surface area contributed by atoms with Crippen LogP contribution in [0.5, 0.6) is 0 Å². The quantitative estimate of drug-likeness (QED) is 0.0222. The number of aliphatic hydroxyl groups is 1. The van der Waals surface area contributed by atoms with E-state index >= 15 is 0 Å². The first kappa shape index (κ1) is 93.1. The monoisotopic (exact) mass is 1400 g/mol. The minimum atomic E-state index is -4.96. The molecule has 95 heavy (non-hydrogen) atoms. The number of carbonyl (C=O) groups excluding carboxylic acids is 4. The molecule has 0 aliphatic rings. The molecule has 5 atom stereocenters. The average Bonchev–Trinajstić information content (AvgIpc) is 1.75. The van der Waals surface area contributed by atoms with E-state index in [0.717, 1.165) is 108 Å². The van der Waals surface area contributed by atoms with E-state index in [1.807, 2.05) is 0 Å². The molecule has 17 nitrogen and oxygen atoms in total. The van der Waals surface area contributed by atoms with Crippen molar-refractivity contribution in [2.75, 3.05) is 39.6 Å². The van der Waals surface area contributed by atoms with Gasteiger partial charge in [-0.3, -0.25) is 37.3 Å². The third kappa shape index (κ3) is 70.3. The molecule has 0 aliphatic heterocycles. The van der Waals surface area contributed by atoms with Crippen molar-refractivity contribution in [3.63, 3.8) is 0 Å². The number of ether oxygens (including phenoxy) is 4. The molecule has 0 spiro atoms. The molecule has 564 valence electrons. The summed E-state index contributed by atoms with van der Waals surface area (Å²) in [6.45, 7) is 9.61. The topological polar surface area (TPSA) is 237 Å². The summed E-state index contributed by atoms with van der Waals surface area (Å²) < 4.78 is 68.5. The van der Waals surface area contributed by atoms with Gasteiger partial charge in [-0.1, -0.05) is 343 Å². The Hall–Kier alpha value is -1.94. The van der Waals surface area contributed by atoms with Crippen molar-refractivity contribution < 1.29 is 80.2 Å². The Morgan fingerprint density at radius 3 is 0.716 bits per heavy atom. The van der Waals surface area contributed by atoms with E-state index in [2.05, 4.69) is 41.5 Å². The van der Waals surface area contributed by atoms with Gasteiger partial charge >= 0.3 is 39.5 Å². The lowest BCUT2D eigenvalue weighted by molar-refractivity contribution is -0.161. The van der Waals surface area contributed by atoms with E-state index < -0.39 is 97.5 Å². The number of hydrogen-bond donors (Lipinski definition) is 3. The molecule has 0 heterocycles. The second kappa shape index (κ2) is 67.9. The highest BCUT2D eigenvalue weighted by Crippen LogP contribution is 2.45. The van der Waals surface area contributed by atoms with Crippen molar-refractivity contribution in [3.8, 4) is 0 Å². The third-order valence-electron chi connectivity index (χ3n) is 17.7. The van der Waals surface area contributed by atoms with Crippen LogP contribution in [0.2, 0.25) is 0 Å². The maximum absolute atomic E-state index is 13.1. The highest BCUT2D eigenvalue weighted by Gasteiger charge is 2.30. The number of esters is 4. The molecule has 0 amide bonds. The van der Waals surface area contributed by atoms with Crippen molar-refractivity contribution in [3.05, 3.63) is 0 Å². The SMILES string of the molecule is CCCCCCCCCCCCCCCCCC(=O)O[C@H](COC(=O)CCCCCCCCCC)COP(=O)(O)OC[C@H](O)COP(=O)(O)OC[C@@H](COC(=O)CCCCCCCCCCCCCCC(C)C)OC(=O)CCCCCCCCCCCCCCCCC(C)C. The smallest absolute Gasteiger partial charge is 0.462 e. The number of rotatable bonds is 75. The van der Waals surface area contributed by atoms with Gasteiger partial charge in [-0.15, -0.1) is 0 Å². The fourth-order valence-corrected chi connectivity index (χ4v) is 13.2. The lowest BCUT2D eigenvalue weighted by Crippen LogP contribution is -2.30. The van der Waals surface area contributed by atoms with E-state index in [1.165, 1.54) is 205 Å². The van der Waals surface area contributed by atoms with Gasteiger partial charge in [0.2, 0.25) is 0 Å². The van der Waals surface area contributed by atoms with Crippen LogP contribution in [0.3, 0.4) is 0 Å². The number of unbranched alkanes of at least 4 members (excludes halogenated alkanes) is 45. The van der Waals surface area contributed by atoms with Gasteiger partial charge in [0.05, 0.1) is 26.4 Å². The number of phosphoric ester groups is 2. The van der Waals surface area contributed by atoms with Crippen LogP contribution < -0.4 is 0 Å². The maximum atomic E-state index is 13.1. The summed E-state index contributed by atoms with van der Waals surface area (Å²) in [6.07, 6.45) is 55.4. The summed E-state index contributed by atoms with van der Waals surface area (Å²) in [7, 11) is -9.91. The fraction of sp³-hybridized carbons (Fsp3) is 0.947. The standard InChI is InChI=1S/C76H148O17P2/c1-7-9-11-13-15-17-18-19-20-24-31-36-42-48-54-60-75(80)92-71(64-86-73(78)58-52-46-40-16-14-12-10-8-2)66-90-94(82,83)88-62-70(77)63-89-95(84,85)91-67-72(65-87-74(79)59-53-47-41-35-30-27-26-29-34-39-45-51-57-69(5)6)93-76(81)61-55-49-43-37-32-25-22-21-23-28-33-38-44-50-56-68(3)4/h68-72,77H,7-67H2,1-6H3,(H,82,83)(H,84,85)/t70-,71+,72+/m0/s1. The van der Waals surface area contributed by atoms with Crippen LogP contribution in [0.4, 0.5) is 0 Å². The molecule has 0 aromatic heterocycles. The van der Waals surface area contributed by atoms with Crippen molar-refractivity contribution in [2.45, 2.75) is 413 Å². The Bertz CT molecular complexity index is 1840. The van der Waals surface area contributed by atoms with Crippen LogP contribution in [0.25, 0.3) is 0 Å². The largest absolute Gasteiger partial charge is 0.472 e. The second-order valence-electron chi connectivity index (χ2n) is 28.3. The van der Waals surface area contributed by atoms with Gasteiger partial charge in [0.25, 0.3) is 0 Å². The van der Waals surface area contributed by atoms with Gasteiger partial charge in [0.1, 0.15) is 19.3 Å². The lowest BCUT2D eigenvalue weighted by atomic mass is 10.0. The Kier molecular flexibility index (Phi) is 66.5. The van der Waals surface area contributed by atoms with Crippen molar-refractivity contribution in [1.29, 1.82) is 0 Å². The predicted molar refractivity (Wildman–Crippen MR) is 386 cm³/mol. The minimum absolute atomic E-state index is 0.108. The predicted octanol–water partition coefficient (Wildman–Crippen LogP) is 22.3. The Morgan fingerprint density at radius 2 is 0.484 bits per heavy atom. The van der Waals surface area contributed by atoms with E-state index in [0.29, 0.717) is 25.7 Å². The van der Waals surface area contributed by atoms with Crippen LogP contribution in [0.15, 0.2) is 0 Å². The van der Waals surface area contributed by atoms with E-state index in [-0.39, 0.29) is 25.7 Å². The molecule has 0 saturated carbocycles.